The summed E-state index contributed by atoms with van der Waals surface area (Å²) in [5.41, 5.74) is 2.78. The number of nitrogens with zero attached hydrogens (tertiary/aromatic N) is 4. The van der Waals surface area contributed by atoms with Crippen LogP contribution in [0, 0.1) is 0 Å². The fourth-order valence-corrected chi connectivity index (χ4v) is 2.54. The average molecular weight is 287 g/mol. The molecule has 1 amide bonds. The van der Waals surface area contributed by atoms with E-state index in [1.54, 1.807) is 6.20 Å². The number of hydrogen-bond acceptors (Lipinski definition) is 5. The lowest BCUT2D eigenvalue weighted by molar-refractivity contribution is -0.118. The number of fused-ring (bicyclic) bond motifs is 1. The molecule has 0 saturated carbocycles. The Morgan fingerprint density at radius 1 is 1.35 bits per heavy atom. The summed E-state index contributed by atoms with van der Waals surface area (Å²) in [6.07, 6.45) is 3.66. The maximum absolute atomic E-state index is 10.9. The van der Waals surface area contributed by atoms with Crippen LogP contribution in [0.3, 0.4) is 0 Å². The summed E-state index contributed by atoms with van der Waals surface area (Å²) >= 11 is 1.21. The van der Waals surface area contributed by atoms with Crippen molar-refractivity contribution >= 4 is 28.7 Å². The third-order valence-corrected chi connectivity index (χ3v) is 3.51. The van der Waals surface area contributed by atoms with E-state index in [-0.39, 0.29) is 5.91 Å². The summed E-state index contributed by atoms with van der Waals surface area (Å²) in [6, 6.07) is 5.91. The predicted molar refractivity (Wildman–Crippen MR) is 77.3 cm³/mol. The molecule has 2 heterocycles. The highest BCUT2D eigenvalue weighted by Crippen LogP contribution is 2.22. The molecule has 0 radical (unpaired) electrons. The highest BCUT2D eigenvalue weighted by molar-refractivity contribution is 7.00. The minimum atomic E-state index is -0.0263. The van der Waals surface area contributed by atoms with Gasteiger partial charge >= 0.3 is 0 Å². The van der Waals surface area contributed by atoms with Crippen LogP contribution in [0.5, 0.6) is 0 Å². The second-order valence-corrected chi connectivity index (χ2v) is 4.92. The number of amides is 1. The van der Waals surface area contributed by atoms with Gasteiger partial charge in [0.1, 0.15) is 16.9 Å². The van der Waals surface area contributed by atoms with Crippen LogP contribution in [-0.4, -0.2) is 30.8 Å². The molecule has 6 nitrogen and oxygen atoms in total. The summed E-state index contributed by atoms with van der Waals surface area (Å²) < 4.78 is 10.4. The minimum Gasteiger partial charge on any atom is -0.355 e. The first-order chi connectivity index (χ1) is 9.74. The molecule has 0 saturated heterocycles. The quantitative estimate of drug-likeness (QED) is 0.792. The third kappa shape index (κ3) is 2.53. The summed E-state index contributed by atoms with van der Waals surface area (Å²) in [6.45, 7) is 2.78. The largest absolute Gasteiger partial charge is 0.355 e. The van der Waals surface area contributed by atoms with E-state index in [1.807, 2.05) is 29.0 Å². The molecular formula is C13H13N5OS. The van der Waals surface area contributed by atoms with Crippen LogP contribution in [0.4, 0.5) is 0 Å². The van der Waals surface area contributed by atoms with Crippen LogP contribution in [0.15, 0.2) is 30.6 Å². The lowest BCUT2D eigenvalue weighted by Gasteiger charge is -2.08. The Morgan fingerprint density at radius 2 is 2.20 bits per heavy atom. The Balaban J connectivity index is 1.86. The molecule has 0 aliphatic carbocycles. The standard InChI is InChI=1S/C13H13N5OS/c1-9(19)14-4-6-18-7-5-15-13(18)10-2-3-11-12(8-10)17-20-16-11/h2-3,5,7-8H,4,6H2,1H3,(H,14,19). The molecule has 1 N–H and O–H groups in total. The van der Waals surface area contributed by atoms with Crippen LogP contribution >= 0.6 is 11.7 Å². The smallest absolute Gasteiger partial charge is 0.216 e. The molecule has 0 fully saturated rings. The molecule has 3 aromatic rings. The van der Waals surface area contributed by atoms with Crippen LogP contribution in [0.1, 0.15) is 6.92 Å². The maximum Gasteiger partial charge on any atom is 0.216 e. The van der Waals surface area contributed by atoms with Gasteiger partial charge in [0.15, 0.2) is 0 Å². The topological polar surface area (TPSA) is 72.7 Å². The number of imidazole rings is 1. The molecule has 1 aromatic carbocycles. The summed E-state index contributed by atoms with van der Waals surface area (Å²) in [4.78, 5) is 15.3. The summed E-state index contributed by atoms with van der Waals surface area (Å²) in [5, 5.41) is 2.78. The van der Waals surface area contributed by atoms with Crippen LogP contribution in [0.2, 0.25) is 0 Å². The molecule has 7 heteroatoms. The number of aromatic nitrogens is 4. The molecule has 0 aliphatic heterocycles. The van der Waals surface area contributed by atoms with Crippen molar-refractivity contribution in [3.05, 3.63) is 30.6 Å². The Hall–Kier alpha value is -2.28. The van der Waals surface area contributed by atoms with Crippen molar-refractivity contribution in [3.8, 4) is 11.4 Å². The fraction of sp³-hybridized carbons (Fsp3) is 0.231. The minimum absolute atomic E-state index is 0.0263. The lowest BCUT2D eigenvalue weighted by Crippen LogP contribution is -2.24. The first-order valence-electron chi connectivity index (χ1n) is 6.22. The van der Waals surface area contributed by atoms with Gasteiger partial charge in [0.25, 0.3) is 0 Å². The fourth-order valence-electron chi connectivity index (χ4n) is 2.02. The maximum atomic E-state index is 10.9. The molecule has 0 aliphatic rings. The number of benzene rings is 1. The molecule has 0 bridgehead atoms. The van der Waals surface area contributed by atoms with Crippen molar-refractivity contribution in [3.63, 3.8) is 0 Å². The van der Waals surface area contributed by atoms with Crippen molar-refractivity contribution in [2.24, 2.45) is 0 Å². The molecule has 2 aromatic heterocycles. The van der Waals surface area contributed by atoms with Gasteiger partial charge in [-0.3, -0.25) is 4.79 Å². The molecule has 0 spiro atoms. The number of rotatable bonds is 4. The second kappa shape index (κ2) is 5.38. The van der Waals surface area contributed by atoms with Crippen molar-refractivity contribution in [2.45, 2.75) is 13.5 Å². The van der Waals surface area contributed by atoms with Gasteiger partial charge < -0.3 is 9.88 Å². The highest BCUT2D eigenvalue weighted by Gasteiger charge is 2.08. The molecule has 0 atom stereocenters. The molecular weight excluding hydrogens is 274 g/mol. The van der Waals surface area contributed by atoms with Crippen LogP contribution in [-0.2, 0) is 11.3 Å². The van der Waals surface area contributed by atoms with Crippen LogP contribution < -0.4 is 5.32 Å². The van der Waals surface area contributed by atoms with Gasteiger partial charge in [-0.1, -0.05) is 0 Å². The van der Waals surface area contributed by atoms with E-state index in [4.69, 9.17) is 0 Å². The van der Waals surface area contributed by atoms with Gasteiger partial charge in [-0.15, -0.1) is 0 Å². The number of nitrogens with one attached hydrogen (secondary N) is 1. The van der Waals surface area contributed by atoms with E-state index in [9.17, 15) is 4.79 Å². The third-order valence-electron chi connectivity index (χ3n) is 2.95. The molecule has 102 valence electrons. The zero-order valence-electron chi connectivity index (χ0n) is 10.9. The van der Waals surface area contributed by atoms with E-state index in [0.717, 1.165) is 22.4 Å². The van der Waals surface area contributed by atoms with E-state index in [1.165, 1.54) is 18.7 Å². The Kier molecular flexibility index (Phi) is 3.42. The Morgan fingerprint density at radius 3 is 3.05 bits per heavy atom. The van der Waals surface area contributed by atoms with Gasteiger partial charge in [0.2, 0.25) is 5.91 Å². The second-order valence-electron chi connectivity index (χ2n) is 4.39. The average Bonchev–Trinajstić information content (AvgIpc) is 3.05. The number of hydrogen-bond donors (Lipinski definition) is 1. The van der Waals surface area contributed by atoms with E-state index in [2.05, 4.69) is 19.0 Å². The Bertz CT molecular complexity index is 748. The summed E-state index contributed by atoms with van der Waals surface area (Å²) in [5.74, 6) is 0.840. The van der Waals surface area contributed by atoms with Crippen molar-refractivity contribution in [1.29, 1.82) is 0 Å². The monoisotopic (exact) mass is 287 g/mol. The molecule has 3 rings (SSSR count). The highest BCUT2D eigenvalue weighted by atomic mass is 32.1. The normalized spacial score (nSPS) is 10.8. The SMILES string of the molecule is CC(=O)NCCn1ccnc1-c1ccc2nsnc2c1. The summed E-state index contributed by atoms with van der Waals surface area (Å²) in [7, 11) is 0. The lowest BCUT2D eigenvalue weighted by atomic mass is 10.2. The van der Waals surface area contributed by atoms with Gasteiger partial charge in [0.05, 0.1) is 11.7 Å². The number of carbonyl (C=O) groups excluding carboxylic acids is 1. The van der Waals surface area contributed by atoms with Crippen LogP contribution in [0.25, 0.3) is 22.4 Å². The predicted octanol–water partition coefficient (Wildman–Crippen LogP) is 1.69. The first kappa shape index (κ1) is 12.7. The Labute approximate surface area is 119 Å². The van der Waals surface area contributed by atoms with Gasteiger partial charge in [-0.2, -0.15) is 8.75 Å². The van der Waals surface area contributed by atoms with E-state index < -0.39 is 0 Å². The zero-order chi connectivity index (χ0) is 13.9. The zero-order valence-corrected chi connectivity index (χ0v) is 11.7. The van der Waals surface area contributed by atoms with Gasteiger partial charge in [-0.05, 0) is 18.2 Å². The van der Waals surface area contributed by atoms with Crippen molar-refractivity contribution in [2.75, 3.05) is 6.54 Å². The molecule has 0 unspecified atom stereocenters. The van der Waals surface area contributed by atoms with Gasteiger partial charge in [0, 0.05) is 38.0 Å². The van der Waals surface area contributed by atoms with Crippen molar-refractivity contribution < 1.29 is 4.79 Å². The van der Waals surface area contributed by atoms with Crippen molar-refractivity contribution in [1.82, 2.24) is 23.6 Å². The van der Waals surface area contributed by atoms with E-state index in [0.29, 0.717) is 13.1 Å². The number of carbonyl (C=O) groups is 1. The van der Waals surface area contributed by atoms with Gasteiger partial charge in [-0.25, -0.2) is 4.98 Å². The van der Waals surface area contributed by atoms with E-state index >= 15 is 0 Å². The molecule has 20 heavy (non-hydrogen) atoms. The first-order valence-corrected chi connectivity index (χ1v) is 6.95.